The van der Waals surface area contributed by atoms with Gasteiger partial charge in [0.15, 0.2) is 5.75 Å². The number of methoxy groups -OCH3 is 1. The van der Waals surface area contributed by atoms with Gasteiger partial charge in [0.2, 0.25) is 0 Å². The van der Waals surface area contributed by atoms with Gasteiger partial charge in [-0.2, -0.15) is 0 Å². The number of esters is 1. The number of amides is 1. The van der Waals surface area contributed by atoms with E-state index in [1.165, 1.54) is 7.11 Å². The van der Waals surface area contributed by atoms with Crippen molar-refractivity contribution in [2.75, 3.05) is 26.0 Å². The van der Waals surface area contributed by atoms with E-state index < -0.39 is 11.9 Å². The van der Waals surface area contributed by atoms with Gasteiger partial charge in [0.05, 0.1) is 25.0 Å². The third-order valence-electron chi connectivity index (χ3n) is 2.20. The molecule has 1 aromatic carbocycles. The summed E-state index contributed by atoms with van der Waals surface area (Å²) in [7, 11) is 1.25. The minimum atomic E-state index is -0.523. The van der Waals surface area contributed by atoms with E-state index in [0.717, 1.165) is 0 Å². The molecule has 0 aliphatic rings. The molecule has 0 spiro atoms. The molecule has 0 unspecified atom stereocenters. The number of carbonyl (C=O) groups excluding carboxylic acids is 2. The predicted molar refractivity (Wildman–Crippen MR) is 66.4 cm³/mol. The molecule has 1 amide bonds. The molecule has 3 N–H and O–H groups in total. The SMILES string of the molecule is CCOc1c(N)cccc1C(=O)NCC(=O)OC. The predicted octanol–water partition coefficient (Wildman–Crippen LogP) is 0.570. The molecule has 0 saturated carbocycles. The summed E-state index contributed by atoms with van der Waals surface area (Å²) in [5.41, 5.74) is 6.40. The minimum Gasteiger partial charge on any atom is -0.491 e. The first-order valence-corrected chi connectivity index (χ1v) is 5.46. The van der Waals surface area contributed by atoms with Crippen LogP contribution in [0, 0.1) is 0 Å². The zero-order valence-corrected chi connectivity index (χ0v) is 10.4. The number of anilines is 1. The van der Waals surface area contributed by atoms with Gasteiger partial charge in [-0.3, -0.25) is 9.59 Å². The van der Waals surface area contributed by atoms with Crippen molar-refractivity contribution in [1.29, 1.82) is 0 Å². The second-order valence-electron chi connectivity index (χ2n) is 3.42. The van der Waals surface area contributed by atoms with Gasteiger partial charge < -0.3 is 20.5 Å². The molecule has 0 bridgehead atoms. The van der Waals surface area contributed by atoms with Crippen molar-refractivity contribution in [3.8, 4) is 5.75 Å². The quantitative estimate of drug-likeness (QED) is 0.590. The molecule has 1 aromatic rings. The van der Waals surface area contributed by atoms with Crippen LogP contribution < -0.4 is 15.8 Å². The Labute approximate surface area is 105 Å². The summed E-state index contributed by atoms with van der Waals surface area (Å²) in [4.78, 5) is 22.8. The molecular weight excluding hydrogens is 236 g/mol. The van der Waals surface area contributed by atoms with E-state index in [-0.39, 0.29) is 6.54 Å². The van der Waals surface area contributed by atoms with Gasteiger partial charge >= 0.3 is 5.97 Å². The molecule has 1 rings (SSSR count). The number of nitrogens with one attached hydrogen (secondary N) is 1. The second-order valence-corrected chi connectivity index (χ2v) is 3.42. The van der Waals surface area contributed by atoms with Gasteiger partial charge in [0.25, 0.3) is 5.91 Å². The Kier molecular flexibility index (Phi) is 4.98. The maximum Gasteiger partial charge on any atom is 0.325 e. The summed E-state index contributed by atoms with van der Waals surface area (Å²) in [5, 5.41) is 2.43. The number of carbonyl (C=O) groups is 2. The molecule has 0 aliphatic heterocycles. The van der Waals surface area contributed by atoms with E-state index in [1.807, 2.05) is 0 Å². The van der Waals surface area contributed by atoms with Crippen molar-refractivity contribution in [2.24, 2.45) is 0 Å². The Bertz CT molecular complexity index is 446. The number of hydrogen-bond acceptors (Lipinski definition) is 5. The number of ether oxygens (including phenoxy) is 2. The van der Waals surface area contributed by atoms with E-state index in [2.05, 4.69) is 10.1 Å². The van der Waals surface area contributed by atoms with Crippen molar-refractivity contribution in [3.63, 3.8) is 0 Å². The van der Waals surface area contributed by atoms with Crippen molar-refractivity contribution < 1.29 is 19.1 Å². The molecule has 6 heteroatoms. The lowest BCUT2D eigenvalue weighted by Crippen LogP contribution is -2.30. The molecule has 0 aliphatic carbocycles. The second kappa shape index (κ2) is 6.48. The highest BCUT2D eigenvalue weighted by Gasteiger charge is 2.15. The molecule has 6 nitrogen and oxygen atoms in total. The van der Waals surface area contributed by atoms with Crippen LogP contribution in [0.3, 0.4) is 0 Å². The van der Waals surface area contributed by atoms with E-state index in [0.29, 0.717) is 23.6 Å². The summed E-state index contributed by atoms with van der Waals surface area (Å²) in [6.07, 6.45) is 0. The number of benzene rings is 1. The van der Waals surface area contributed by atoms with Crippen LogP contribution in [0.5, 0.6) is 5.75 Å². The maximum absolute atomic E-state index is 11.9. The number of rotatable bonds is 5. The summed E-state index contributed by atoms with van der Waals surface area (Å²) in [5.74, 6) is -0.635. The lowest BCUT2D eigenvalue weighted by molar-refractivity contribution is -0.139. The van der Waals surface area contributed by atoms with Gasteiger partial charge in [-0.15, -0.1) is 0 Å². The molecular formula is C12H16N2O4. The normalized spacial score (nSPS) is 9.67. The number of nitrogen functional groups attached to an aromatic ring is 1. The molecule has 98 valence electrons. The Hall–Kier alpha value is -2.24. The zero-order chi connectivity index (χ0) is 13.5. The Morgan fingerprint density at radius 1 is 1.39 bits per heavy atom. The van der Waals surface area contributed by atoms with Gasteiger partial charge in [0, 0.05) is 0 Å². The first-order valence-electron chi connectivity index (χ1n) is 5.46. The molecule has 0 atom stereocenters. The van der Waals surface area contributed by atoms with E-state index in [4.69, 9.17) is 10.5 Å². The first-order chi connectivity index (χ1) is 8.60. The number of para-hydroxylation sites is 1. The van der Waals surface area contributed by atoms with Crippen LogP contribution in [-0.2, 0) is 9.53 Å². The van der Waals surface area contributed by atoms with E-state index in [9.17, 15) is 9.59 Å². The topological polar surface area (TPSA) is 90.6 Å². The fourth-order valence-corrected chi connectivity index (χ4v) is 1.36. The highest BCUT2D eigenvalue weighted by molar-refractivity contribution is 5.99. The third-order valence-corrected chi connectivity index (χ3v) is 2.20. The van der Waals surface area contributed by atoms with Crippen molar-refractivity contribution >= 4 is 17.6 Å². The van der Waals surface area contributed by atoms with Gasteiger partial charge in [0.1, 0.15) is 6.54 Å². The molecule has 18 heavy (non-hydrogen) atoms. The van der Waals surface area contributed by atoms with Gasteiger partial charge in [-0.25, -0.2) is 0 Å². The average Bonchev–Trinajstić information content (AvgIpc) is 2.38. The fraction of sp³-hybridized carbons (Fsp3) is 0.333. The minimum absolute atomic E-state index is 0.199. The molecule has 0 aromatic heterocycles. The van der Waals surface area contributed by atoms with Crippen molar-refractivity contribution in [1.82, 2.24) is 5.32 Å². The van der Waals surface area contributed by atoms with Crippen LogP contribution in [-0.4, -0.2) is 32.1 Å². The smallest absolute Gasteiger partial charge is 0.325 e. The highest BCUT2D eigenvalue weighted by atomic mass is 16.5. The molecule has 0 radical (unpaired) electrons. The van der Waals surface area contributed by atoms with Crippen LogP contribution in [0.1, 0.15) is 17.3 Å². The maximum atomic E-state index is 11.9. The van der Waals surface area contributed by atoms with Crippen LogP contribution in [0.15, 0.2) is 18.2 Å². The van der Waals surface area contributed by atoms with E-state index in [1.54, 1.807) is 25.1 Å². The Morgan fingerprint density at radius 2 is 2.11 bits per heavy atom. The molecule has 0 heterocycles. The number of hydrogen-bond donors (Lipinski definition) is 2. The largest absolute Gasteiger partial charge is 0.491 e. The highest BCUT2D eigenvalue weighted by Crippen LogP contribution is 2.26. The fourth-order valence-electron chi connectivity index (χ4n) is 1.36. The lowest BCUT2D eigenvalue weighted by Gasteiger charge is -2.12. The summed E-state index contributed by atoms with van der Waals surface area (Å²) < 4.78 is 9.75. The average molecular weight is 252 g/mol. The standard InChI is InChI=1S/C12H16N2O4/c1-3-18-11-8(5-4-6-9(11)13)12(16)14-7-10(15)17-2/h4-6H,3,7,13H2,1-2H3,(H,14,16). The summed E-state index contributed by atoms with van der Waals surface area (Å²) in [6, 6.07) is 4.86. The molecule has 0 fully saturated rings. The van der Waals surface area contributed by atoms with Crippen LogP contribution in [0.25, 0.3) is 0 Å². The first kappa shape index (κ1) is 13.8. The Morgan fingerprint density at radius 3 is 2.72 bits per heavy atom. The lowest BCUT2D eigenvalue weighted by atomic mass is 10.1. The number of nitrogens with two attached hydrogens (primary N) is 1. The monoisotopic (exact) mass is 252 g/mol. The molecule has 0 saturated heterocycles. The van der Waals surface area contributed by atoms with Crippen molar-refractivity contribution in [3.05, 3.63) is 23.8 Å². The summed E-state index contributed by atoms with van der Waals surface area (Å²) in [6.45, 7) is 1.99. The van der Waals surface area contributed by atoms with Crippen LogP contribution in [0.4, 0.5) is 5.69 Å². The van der Waals surface area contributed by atoms with Crippen LogP contribution in [0.2, 0.25) is 0 Å². The van der Waals surface area contributed by atoms with Gasteiger partial charge in [-0.1, -0.05) is 6.07 Å². The van der Waals surface area contributed by atoms with E-state index >= 15 is 0 Å². The van der Waals surface area contributed by atoms with Crippen LogP contribution >= 0.6 is 0 Å². The third kappa shape index (κ3) is 3.38. The zero-order valence-electron chi connectivity index (χ0n) is 10.4. The van der Waals surface area contributed by atoms with Gasteiger partial charge in [-0.05, 0) is 19.1 Å². The van der Waals surface area contributed by atoms with Crippen molar-refractivity contribution in [2.45, 2.75) is 6.92 Å². The summed E-state index contributed by atoms with van der Waals surface area (Å²) >= 11 is 0. The Balaban J connectivity index is 2.84.